The SMILES string of the molecule is CCN(CCC(C)C)C1=CC(c2c(C(=O)O)c(C)n(C)c2-c2ccc(Cl)cc2)=CC=CC1. The number of hydrogen-bond acceptors (Lipinski definition) is 2. The zero-order valence-electron chi connectivity index (χ0n) is 19.7. The van der Waals surface area contributed by atoms with E-state index in [2.05, 4.69) is 37.8 Å². The fourth-order valence-electron chi connectivity index (χ4n) is 4.23. The van der Waals surface area contributed by atoms with Crippen LogP contribution in [-0.4, -0.2) is 33.6 Å². The van der Waals surface area contributed by atoms with E-state index < -0.39 is 5.97 Å². The minimum absolute atomic E-state index is 0.347. The molecule has 5 heteroatoms. The van der Waals surface area contributed by atoms with Crippen molar-refractivity contribution in [3.8, 4) is 11.3 Å². The Kier molecular flexibility index (Phi) is 7.68. The molecule has 0 aliphatic heterocycles. The van der Waals surface area contributed by atoms with Gasteiger partial charge in [0, 0.05) is 48.5 Å². The van der Waals surface area contributed by atoms with Gasteiger partial charge in [-0.25, -0.2) is 4.79 Å². The third-order valence-electron chi connectivity index (χ3n) is 6.13. The maximum absolute atomic E-state index is 12.4. The second-order valence-electron chi connectivity index (χ2n) is 8.71. The van der Waals surface area contributed by atoms with E-state index in [1.165, 1.54) is 5.70 Å². The van der Waals surface area contributed by atoms with E-state index in [9.17, 15) is 9.90 Å². The molecule has 1 N–H and O–H groups in total. The highest BCUT2D eigenvalue weighted by Crippen LogP contribution is 2.38. The van der Waals surface area contributed by atoms with Gasteiger partial charge < -0.3 is 14.6 Å². The summed E-state index contributed by atoms with van der Waals surface area (Å²) in [6.07, 6.45) is 10.3. The van der Waals surface area contributed by atoms with Crippen LogP contribution in [0.4, 0.5) is 0 Å². The Morgan fingerprint density at radius 2 is 1.94 bits per heavy atom. The fourth-order valence-corrected chi connectivity index (χ4v) is 4.36. The first-order chi connectivity index (χ1) is 15.2. The zero-order valence-corrected chi connectivity index (χ0v) is 20.4. The normalized spacial score (nSPS) is 13.7. The first-order valence-electron chi connectivity index (χ1n) is 11.3. The van der Waals surface area contributed by atoms with Gasteiger partial charge in [0.1, 0.15) is 0 Å². The van der Waals surface area contributed by atoms with Gasteiger partial charge in [0.25, 0.3) is 0 Å². The van der Waals surface area contributed by atoms with E-state index in [-0.39, 0.29) is 0 Å². The number of halogens is 1. The molecule has 4 nitrogen and oxygen atoms in total. The monoisotopic (exact) mass is 452 g/mol. The molecule has 0 saturated heterocycles. The van der Waals surface area contributed by atoms with Crippen LogP contribution in [0.3, 0.4) is 0 Å². The van der Waals surface area contributed by atoms with E-state index >= 15 is 0 Å². The molecule has 1 aromatic heterocycles. The Hall–Kier alpha value is -2.72. The summed E-state index contributed by atoms with van der Waals surface area (Å²) in [5.41, 5.74) is 5.80. The molecule has 1 aliphatic rings. The number of rotatable bonds is 8. The molecule has 0 fully saturated rings. The summed E-state index contributed by atoms with van der Waals surface area (Å²) in [6.45, 7) is 10.4. The van der Waals surface area contributed by atoms with Crippen molar-refractivity contribution in [1.29, 1.82) is 0 Å². The summed E-state index contributed by atoms with van der Waals surface area (Å²) in [5.74, 6) is -0.280. The van der Waals surface area contributed by atoms with Crippen molar-refractivity contribution >= 4 is 23.1 Å². The van der Waals surface area contributed by atoms with Crippen LogP contribution in [0.5, 0.6) is 0 Å². The van der Waals surface area contributed by atoms with Gasteiger partial charge in [0.05, 0.1) is 11.3 Å². The molecule has 0 atom stereocenters. The van der Waals surface area contributed by atoms with Crippen molar-refractivity contribution in [2.45, 2.75) is 40.5 Å². The van der Waals surface area contributed by atoms with E-state index in [1.54, 1.807) is 0 Å². The molecule has 170 valence electrons. The topological polar surface area (TPSA) is 45.5 Å². The summed E-state index contributed by atoms with van der Waals surface area (Å²) < 4.78 is 1.97. The van der Waals surface area contributed by atoms with Crippen LogP contribution in [-0.2, 0) is 7.05 Å². The Bertz CT molecular complexity index is 1070. The second-order valence-corrected chi connectivity index (χ2v) is 9.14. The molecular formula is C27H33ClN2O2. The van der Waals surface area contributed by atoms with E-state index in [1.807, 2.05) is 55.0 Å². The number of carbonyl (C=O) groups is 1. The summed E-state index contributed by atoms with van der Waals surface area (Å²) in [5, 5.41) is 10.8. The van der Waals surface area contributed by atoms with Crippen molar-refractivity contribution in [1.82, 2.24) is 9.47 Å². The third-order valence-corrected chi connectivity index (χ3v) is 6.38. The van der Waals surface area contributed by atoms with Crippen molar-refractivity contribution in [2.24, 2.45) is 13.0 Å². The Morgan fingerprint density at radius 1 is 1.25 bits per heavy atom. The first-order valence-corrected chi connectivity index (χ1v) is 11.6. The van der Waals surface area contributed by atoms with Crippen LogP contribution < -0.4 is 0 Å². The molecule has 0 unspecified atom stereocenters. The van der Waals surface area contributed by atoms with Crippen molar-refractivity contribution in [3.05, 3.63) is 76.1 Å². The third kappa shape index (κ3) is 5.02. The van der Waals surface area contributed by atoms with Crippen LogP contribution in [0, 0.1) is 12.8 Å². The lowest BCUT2D eigenvalue weighted by Gasteiger charge is -2.26. The van der Waals surface area contributed by atoms with Crippen molar-refractivity contribution in [2.75, 3.05) is 13.1 Å². The number of benzene rings is 1. The summed E-state index contributed by atoms with van der Waals surface area (Å²) in [7, 11) is 1.92. The average molecular weight is 453 g/mol. The Morgan fingerprint density at radius 3 is 2.53 bits per heavy atom. The number of aromatic carboxylic acids is 1. The largest absolute Gasteiger partial charge is 0.478 e. The Labute approximate surface area is 196 Å². The van der Waals surface area contributed by atoms with Gasteiger partial charge in [-0.05, 0) is 55.5 Å². The maximum atomic E-state index is 12.4. The number of hydrogen-bond donors (Lipinski definition) is 1. The molecule has 2 aromatic rings. The highest BCUT2D eigenvalue weighted by molar-refractivity contribution is 6.30. The van der Waals surface area contributed by atoms with Gasteiger partial charge in [0.2, 0.25) is 0 Å². The molecule has 0 spiro atoms. The number of nitrogens with zero attached hydrogens (tertiary/aromatic N) is 2. The van der Waals surface area contributed by atoms with Gasteiger partial charge in [-0.15, -0.1) is 0 Å². The number of carboxylic acids is 1. The molecule has 0 amide bonds. The predicted molar refractivity (Wildman–Crippen MR) is 134 cm³/mol. The maximum Gasteiger partial charge on any atom is 0.338 e. The Balaban J connectivity index is 2.19. The van der Waals surface area contributed by atoms with Gasteiger partial charge in [0.15, 0.2) is 0 Å². The molecular weight excluding hydrogens is 420 g/mol. The lowest BCUT2D eigenvalue weighted by Crippen LogP contribution is -2.24. The minimum atomic E-state index is -0.912. The average Bonchev–Trinajstić information content (AvgIpc) is 2.89. The standard InChI is InChI=1S/C27H33ClN2O2/c1-6-30(16-15-18(2)3)23-10-8-7-9-21(17-23)25-24(27(31)32)19(4)29(5)26(25)20-11-13-22(28)14-12-20/h7-9,11-14,17-18H,6,10,15-16H2,1-5H3,(H,31,32). The van der Waals surface area contributed by atoms with Gasteiger partial charge in [-0.2, -0.15) is 0 Å². The highest BCUT2D eigenvalue weighted by Gasteiger charge is 2.26. The first kappa shape index (κ1) is 23.9. The van der Waals surface area contributed by atoms with E-state index in [0.717, 1.165) is 54.0 Å². The smallest absolute Gasteiger partial charge is 0.338 e. The second kappa shape index (κ2) is 10.3. The van der Waals surface area contributed by atoms with E-state index in [0.29, 0.717) is 16.5 Å². The zero-order chi connectivity index (χ0) is 23.4. The van der Waals surface area contributed by atoms with Crippen LogP contribution in [0.15, 0.2) is 54.3 Å². The van der Waals surface area contributed by atoms with Crippen molar-refractivity contribution in [3.63, 3.8) is 0 Å². The summed E-state index contributed by atoms with van der Waals surface area (Å²) in [4.78, 5) is 14.8. The molecule has 0 radical (unpaired) electrons. The molecule has 1 aromatic carbocycles. The molecule has 32 heavy (non-hydrogen) atoms. The van der Waals surface area contributed by atoms with Crippen LogP contribution in [0.2, 0.25) is 5.02 Å². The molecule has 1 aliphatic carbocycles. The van der Waals surface area contributed by atoms with Crippen molar-refractivity contribution < 1.29 is 9.90 Å². The van der Waals surface area contributed by atoms with Crippen LogP contribution >= 0.6 is 11.6 Å². The summed E-state index contributed by atoms with van der Waals surface area (Å²) >= 11 is 6.12. The minimum Gasteiger partial charge on any atom is -0.478 e. The fraction of sp³-hybridized carbons (Fsp3) is 0.370. The summed E-state index contributed by atoms with van der Waals surface area (Å²) in [6, 6.07) is 7.59. The van der Waals surface area contributed by atoms with Gasteiger partial charge in [-0.3, -0.25) is 0 Å². The van der Waals surface area contributed by atoms with Crippen LogP contribution in [0.1, 0.15) is 55.2 Å². The molecule has 0 saturated carbocycles. The van der Waals surface area contributed by atoms with E-state index in [4.69, 9.17) is 11.6 Å². The number of allylic oxidation sites excluding steroid dienone is 5. The molecule has 0 bridgehead atoms. The lowest BCUT2D eigenvalue weighted by atomic mass is 9.95. The highest BCUT2D eigenvalue weighted by atomic mass is 35.5. The molecule has 3 rings (SSSR count). The predicted octanol–water partition coefficient (Wildman–Crippen LogP) is 6.95. The quantitative estimate of drug-likeness (QED) is 0.471. The van der Waals surface area contributed by atoms with Gasteiger partial charge in [-0.1, -0.05) is 55.8 Å². The molecule has 1 heterocycles. The number of aromatic nitrogens is 1. The lowest BCUT2D eigenvalue weighted by molar-refractivity contribution is 0.0695. The van der Waals surface area contributed by atoms with Crippen LogP contribution in [0.25, 0.3) is 16.8 Å². The number of carboxylic acid groups (broad SMARTS) is 1. The van der Waals surface area contributed by atoms with Gasteiger partial charge >= 0.3 is 5.97 Å².